The smallest absolute Gasteiger partial charge is 0.323 e. The van der Waals surface area contributed by atoms with Crippen LogP contribution in [0.15, 0.2) is 28.8 Å². The molecule has 0 bridgehead atoms. The van der Waals surface area contributed by atoms with Crippen molar-refractivity contribution in [1.82, 2.24) is 5.16 Å². The van der Waals surface area contributed by atoms with Crippen LogP contribution in [0.2, 0.25) is 0 Å². The number of benzene rings is 1. The highest BCUT2D eigenvalue weighted by molar-refractivity contribution is 5.75. The van der Waals surface area contributed by atoms with E-state index in [1.807, 2.05) is 12.1 Å². The Morgan fingerprint density at radius 1 is 1.25 bits per heavy atom. The average Bonchev–Trinajstić information content (AvgIpc) is 3.06. The van der Waals surface area contributed by atoms with Gasteiger partial charge in [0.1, 0.15) is 29.9 Å². The van der Waals surface area contributed by atoms with Gasteiger partial charge in [-0.1, -0.05) is 0 Å². The zero-order chi connectivity index (χ0) is 17.5. The van der Waals surface area contributed by atoms with Crippen LogP contribution in [0.3, 0.4) is 0 Å². The van der Waals surface area contributed by atoms with Crippen LogP contribution >= 0.6 is 0 Å². The number of hydrogen-bond acceptors (Lipinski definition) is 8. The topological polar surface area (TPSA) is 106 Å². The average molecular weight is 336 g/mol. The number of carbonyl (C=O) groups excluding carboxylic acids is 1. The standard InChI is InChI=1S/C16H20N2O6/c1-20-11-5-4-10(14(7-11)21-2)9-23-15-8-12(24-18-15)6-13(17)16(19)22-3/h4-5,7-8,13H,6,9,17H2,1-3H3. The molecule has 1 unspecified atom stereocenters. The first-order chi connectivity index (χ1) is 11.6. The molecule has 0 saturated heterocycles. The molecule has 1 aromatic heterocycles. The van der Waals surface area contributed by atoms with Crippen molar-refractivity contribution in [3.05, 3.63) is 35.6 Å². The lowest BCUT2D eigenvalue weighted by Gasteiger charge is -2.10. The van der Waals surface area contributed by atoms with Crippen molar-refractivity contribution in [3.8, 4) is 17.4 Å². The van der Waals surface area contributed by atoms with Crippen molar-refractivity contribution in [1.29, 1.82) is 0 Å². The van der Waals surface area contributed by atoms with Gasteiger partial charge in [0.05, 0.1) is 21.3 Å². The van der Waals surface area contributed by atoms with Gasteiger partial charge in [-0.15, -0.1) is 0 Å². The number of rotatable bonds is 8. The Balaban J connectivity index is 1.97. The summed E-state index contributed by atoms with van der Waals surface area (Å²) in [4.78, 5) is 11.3. The minimum absolute atomic E-state index is 0.175. The van der Waals surface area contributed by atoms with Gasteiger partial charge in [-0.3, -0.25) is 4.79 Å². The van der Waals surface area contributed by atoms with Crippen LogP contribution in [0.25, 0.3) is 0 Å². The largest absolute Gasteiger partial charge is 0.497 e. The molecular formula is C16H20N2O6. The highest BCUT2D eigenvalue weighted by atomic mass is 16.5. The lowest BCUT2D eigenvalue weighted by Crippen LogP contribution is -2.33. The molecule has 2 N–H and O–H groups in total. The Bertz CT molecular complexity index is 685. The molecule has 8 nitrogen and oxygen atoms in total. The number of esters is 1. The van der Waals surface area contributed by atoms with Crippen LogP contribution in [-0.2, 0) is 22.6 Å². The Kier molecular flexibility index (Phi) is 6.02. The number of methoxy groups -OCH3 is 3. The van der Waals surface area contributed by atoms with Crippen molar-refractivity contribution in [2.75, 3.05) is 21.3 Å². The highest BCUT2D eigenvalue weighted by Crippen LogP contribution is 2.25. The molecular weight excluding hydrogens is 316 g/mol. The second kappa shape index (κ2) is 8.21. The lowest BCUT2D eigenvalue weighted by molar-refractivity contribution is -0.142. The third-order valence-electron chi connectivity index (χ3n) is 3.33. The minimum atomic E-state index is -0.808. The molecule has 0 aliphatic carbocycles. The van der Waals surface area contributed by atoms with Crippen LogP contribution < -0.4 is 19.9 Å². The first-order valence-electron chi connectivity index (χ1n) is 7.20. The van der Waals surface area contributed by atoms with Crippen LogP contribution in [0.5, 0.6) is 17.4 Å². The van der Waals surface area contributed by atoms with Crippen LogP contribution in [0, 0.1) is 0 Å². The van der Waals surface area contributed by atoms with E-state index in [0.717, 1.165) is 5.56 Å². The van der Waals surface area contributed by atoms with E-state index in [-0.39, 0.29) is 13.0 Å². The molecule has 0 aliphatic heterocycles. The van der Waals surface area contributed by atoms with Crippen LogP contribution in [-0.4, -0.2) is 38.5 Å². The van der Waals surface area contributed by atoms with E-state index in [9.17, 15) is 4.79 Å². The summed E-state index contributed by atoms with van der Waals surface area (Å²) in [5.74, 6) is 1.54. The fourth-order valence-electron chi connectivity index (χ4n) is 2.03. The Labute approximate surface area is 139 Å². The molecule has 2 rings (SSSR count). The summed E-state index contributed by atoms with van der Waals surface area (Å²) in [6.45, 7) is 0.238. The van der Waals surface area contributed by atoms with Gasteiger partial charge in [0.25, 0.3) is 5.88 Å². The minimum Gasteiger partial charge on any atom is -0.497 e. The molecule has 1 atom stereocenters. The monoisotopic (exact) mass is 336 g/mol. The van der Waals surface area contributed by atoms with Gasteiger partial charge in [-0.05, 0) is 17.3 Å². The number of nitrogens with zero attached hydrogens (tertiary/aromatic N) is 1. The van der Waals surface area contributed by atoms with E-state index >= 15 is 0 Å². The van der Waals surface area contributed by atoms with E-state index in [1.54, 1.807) is 26.4 Å². The quantitative estimate of drug-likeness (QED) is 0.719. The first kappa shape index (κ1) is 17.6. The maximum Gasteiger partial charge on any atom is 0.323 e. The third kappa shape index (κ3) is 4.39. The SMILES string of the molecule is COC(=O)C(N)Cc1cc(OCc2ccc(OC)cc2OC)no1. The van der Waals surface area contributed by atoms with E-state index in [0.29, 0.717) is 23.1 Å². The zero-order valence-electron chi connectivity index (χ0n) is 13.8. The Hall–Kier alpha value is -2.74. The Morgan fingerprint density at radius 3 is 2.71 bits per heavy atom. The van der Waals surface area contributed by atoms with Crippen LogP contribution in [0.4, 0.5) is 0 Å². The van der Waals surface area contributed by atoms with Crippen molar-refractivity contribution in [2.24, 2.45) is 5.73 Å². The summed E-state index contributed by atoms with van der Waals surface area (Å²) >= 11 is 0. The van der Waals surface area contributed by atoms with Crippen LogP contribution in [0.1, 0.15) is 11.3 Å². The molecule has 0 amide bonds. The molecule has 0 fully saturated rings. The van der Waals surface area contributed by atoms with E-state index in [1.165, 1.54) is 7.11 Å². The molecule has 0 saturated carbocycles. The fraction of sp³-hybridized carbons (Fsp3) is 0.375. The highest BCUT2D eigenvalue weighted by Gasteiger charge is 2.18. The summed E-state index contributed by atoms with van der Waals surface area (Å²) in [6.07, 6.45) is 0.175. The number of aromatic nitrogens is 1. The van der Waals surface area contributed by atoms with Gasteiger partial charge in [0.15, 0.2) is 0 Å². The van der Waals surface area contributed by atoms with Gasteiger partial charge in [0, 0.05) is 24.1 Å². The Morgan fingerprint density at radius 2 is 2.04 bits per heavy atom. The molecule has 1 heterocycles. The number of ether oxygens (including phenoxy) is 4. The zero-order valence-corrected chi connectivity index (χ0v) is 13.8. The molecule has 8 heteroatoms. The van der Waals surface area contributed by atoms with Gasteiger partial charge in [-0.25, -0.2) is 0 Å². The first-order valence-corrected chi connectivity index (χ1v) is 7.20. The van der Waals surface area contributed by atoms with Gasteiger partial charge >= 0.3 is 5.97 Å². The van der Waals surface area contributed by atoms with Gasteiger partial charge < -0.3 is 29.2 Å². The molecule has 0 aliphatic rings. The normalized spacial score (nSPS) is 11.7. The molecule has 1 aromatic carbocycles. The van der Waals surface area contributed by atoms with Gasteiger partial charge in [0.2, 0.25) is 0 Å². The molecule has 130 valence electrons. The van der Waals surface area contributed by atoms with Crippen molar-refractivity contribution < 1.29 is 28.3 Å². The summed E-state index contributed by atoms with van der Waals surface area (Å²) < 4.78 is 25.7. The fourth-order valence-corrected chi connectivity index (χ4v) is 2.03. The summed E-state index contributed by atoms with van der Waals surface area (Å²) in [6, 6.07) is 6.19. The van der Waals surface area contributed by atoms with Crippen molar-refractivity contribution in [3.63, 3.8) is 0 Å². The second-order valence-electron chi connectivity index (χ2n) is 4.93. The number of carbonyl (C=O) groups is 1. The third-order valence-corrected chi connectivity index (χ3v) is 3.33. The second-order valence-corrected chi connectivity index (χ2v) is 4.93. The summed E-state index contributed by atoms with van der Waals surface area (Å²) in [7, 11) is 4.43. The predicted molar refractivity (Wildman–Crippen MR) is 84.1 cm³/mol. The lowest BCUT2D eigenvalue weighted by atomic mass is 10.2. The van der Waals surface area contributed by atoms with Gasteiger partial charge in [-0.2, -0.15) is 0 Å². The molecule has 0 radical (unpaired) electrons. The molecule has 24 heavy (non-hydrogen) atoms. The number of hydrogen-bond donors (Lipinski definition) is 1. The van der Waals surface area contributed by atoms with E-state index < -0.39 is 12.0 Å². The summed E-state index contributed by atoms with van der Waals surface area (Å²) in [5.41, 5.74) is 6.50. The maximum atomic E-state index is 11.3. The van der Waals surface area contributed by atoms with Crippen molar-refractivity contribution >= 4 is 5.97 Å². The van der Waals surface area contributed by atoms with E-state index in [2.05, 4.69) is 9.89 Å². The summed E-state index contributed by atoms with van der Waals surface area (Å²) in [5, 5.41) is 3.79. The molecule has 2 aromatic rings. The maximum absolute atomic E-state index is 11.3. The molecule has 0 spiro atoms. The van der Waals surface area contributed by atoms with Crippen molar-refractivity contribution in [2.45, 2.75) is 19.1 Å². The van der Waals surface area contributed by atoms with E-state index in [4.69, 9.17) is 24.5 Å². The predicted octanol–water partition coefficient (Wildman–Crippen LogP) is 1.31. The number of nitrogens with two attached hydrogens (primary N) is 1.